The number of amides is 1. The summed E-state index contributed by atoms with van der Waals surface area (Å²) >= 11 is 11.9. The summed E-state index contributed by atoms with van der Waals surface area (Å²) in [6.07, 6.45) is 1.48. The SMILES string of the molecule is CC(C)N(Cc1ccc(Cl)c(Cl)c1)C(=O)c1ccc(N)cn1.Cl. The minimum atomic E-state index is -0.152. The summed E-state index contributed by atoms with van der Waals surface area (Å²) in [4.78, 5) is 18.4. The second-order valence-electron chi connectivity index (χ2n) is 5.25. The number of halogens is 3. The Kier molecular flexibility index (Phi) is 7.13. The van der Waals surface area contributed by atoms with Gasteiger partial charge in [-0.2, -0.15) is 0 Å². The van der Waals surface area contributed by atoms with E-state index in [-0.39, 0.29) is 24.4 Å². The minimum Gasteiger partial charge on any atom is -0.397 e. The molecule has 23 heavy (non-hydrogen) atoms. The molecule has 0 unspecified atom stereocenters. The predicted octanol–water partition coefficient (Wildman–Crippen LogP) is 4.44. The summed E-state index contributed by atoms with van der Waals surface area (Å²) in [5.41, 5.74) is 7.40. The van der Waals surface area contributed by atoms with Gasteiger partial charge in [-0.15, -0.1) is 12.4 Å². The Morgan fingerprint density at radius 3 is 2.43 bits per heavy atom. The van der Waals surface area contributed by atoms with Gasteiger partial charge in [-0.25, -0.2) is 4.98 Å². The second-order valence-corrected chi connectivity index (χ2v) is 6.07. The van der Waals surface area contributed by atoms with Crippen molar-refractivity contribution in [3.05, 3.63) is 57.8 Å². The molecule has 1 amide bonds. The van der Waals surface area contributed by atoms with E-state index in [1.807, 2.05) is 19.9 Å². The molecule has 1 aromatic carbocycles. The highest BCUT2D eigenvalue weighted by Crippen LogP contribution is 2.24. The summed E-state index contributed by atoms with van der Waals surface area (Å²) in [5, 5.41) is 0.967. The second kappa shape index (κ2) is 8.39. The van der Waals surface area contributed by atoms with Gasteiger partial charge in [-0.05, 0) is 43.7 Å². The van der Waals surface area contributed by atoms with Gasteiger partial charge in [0.15, 0.2) is 0 Å². The molecule has 0 fully saturated rings. The molecule has 0 saturated carbocycles. The molecule has 0 bridgehead atoms. The van der Waals surface area contributed by atoms with Gasteiger partial charge in [0.05, 0.1) is 21.9 Å². The van der Waals surface area contributed by atoms with Gasteiger partial charge in [-0.1, -0.05) is 29.3 Å². The number of carbonyl (C=O) groups excluding carboxylic acids is 1. The highest BCUT2D eigenvalue weighted by atomic mass is 35.5. The lowest BCUT2D eigenvalue weighted by Crippen LogP contribution is -2.36. The summed E-state index contributed by atoms with van der Waals surface area (Å²) in [6, 6.07) is 8.65. The molecule has 0 saturated heterocycles. The Morgan fingerprint density at radius 2 is 1.91 bits per heavy atom. The van der Waals surface area contributed by atoms with E-state index in [1.165, 1.54) is 6.20 Å². The number of nitrogens with zero attached hydrogens (tertiary/aromatic N) is 2. The average molecular weight is 375 g/mol. The van der Waals surface area contributed by atoms with E-state index in [1.54, 1.807) is 29.2 Å². The van der Waals surface area contributed by atoms with Crippen LogP contribution in [0.15, 0.2) is 36.5 Å². The van der Waals surface area contributed by atoms with Crippen LogP contribution in [0.1, 0.15) is 29.9 Å². The van der Waals surface area contributed by atoms with Crippen molar-refractivity contribution in [3.8, 4) is 0 Å². The number of nitrogens with two attached hydrogens (primary N) is 1. The third kappa shape index (κ3) is 4.99. The molecule has 7 heteroatoms. The zero-order valence-electron chi connectivity index (χ0n) is 12.8. The number of carbonyl (C=O) groups is 1. The number of hydrogen-bond acceptors (Lipinski definition) is 3. The maximum absolute atomic E-state index is 12.6. The number of nitrogen functional groups attached to an aromatic ring is 1. The van der Waals surface area contributed by atoms with Crippen molar-refractivity contribution in [1.82, 2.24) is 9.88 Å². The highest BCUT2D eigenvalue weighted by molar-refractivity contribution is 6.42. The first-order valence-corrected chi connectivity index (χ1v) is 7.60. The van der Waals surface area contributed by atoms with Crippen LogP contribution in [0, 0.1) is 0 Å². The molecular formula is C16H18Cl3N3O. The fourth-order valence-electron chi connectivity index (χ4n) is 2.00. The first kappa shape index (κ1) is 19.6. The molecule has 0 radical (unpaired) electrons. The van der Waals surface area contributed by atoms with Crippen molar-refractivity contribution < 1.29 is 4.79 Å². The van der Waals surface area contributed by atoms with Crippen LogP contribution in [0.5, 0.6) is 0 Å². The standard InChI is InChI=1S/C16H17Cl2N3O.ClH/c1-10(2)21(9-11-3-5-13(17)14(18)7-11)16(22)15-6-4-12(19)8-20-15;/h3-8,10H,9,19H2,1-2H3;1H. The molecule has 2 rings (SSSR count). The monoisotopic (exact) mass is 373 g/mol. The van der Waals surface area contributed by atoms with E-state index in [2.05, 4.69) is 4.98 Å². The van der Waals surface area contributed by atoms with Crippen molar-refractivity contribution in [2.24, 2.45) is 0 Å². The van der Waals surface area contributed by atoms with Crippen molar-refractivity contribution in [2.45, 2.75) is 26.4 Å². The summed E-state index contributed by atoms with van der Waals surface area (Å²) in [7, 11) is 0. The number of benzene rings is 1. The van der Waals surface area contributed by atoms with E-state index in [4.69, 9.17) is 28.9 Å². The smallest absolute Gasteiger partial charge is 0.272 e. The van der Waals surface area contributed by atoms with Crippen LogP contribution in [0.2, 0.25) is 10.0 Å². The van der Waals surface area contributed by atoms with Crippen molar-refractivity contribution in [3.63, 3.8) is 0 Å². The average Bonchev–Trinajstić information content (AvgIpc) is 2.48. The zero-order chi connectivity index (χ0) is 16.3. The Balaban J connectivity index is 0.00000264. The Bertz CT molecular complexity index is 675. The lowest BCUT2D eigenvalue weighted by atomic mass is 10.1. The molecule has 124 valence electrons. The fourth-order valence-corrected chi connectivity index (χ4v) is 2.32. The first-order valence-electron chi connectivity index (χ1n) is 6.85. The summed E-state index contributed by atoms with van der Waals surface area (Å²) in [6.45, 7) is 4.33. The van der Waals surface area contributed by atoms with Crippen LogP contribution in [-0.4, -0.2) is 21.8 Å². The van der Waals surface area contributed by atoms with Crippen LogP contribution in [-0.2, 0) is 6.54 Å². The normalized spacial score (nSPS) is 10.3. The summed E-state index contributed by atoms with van der Waals surface area (Å²) < 4.78 is 0. The van der Waals surface area contributed by atoms with Crippen molar-refractivity contribution >= 4 is 47.2 Å². The number of rotatable bonds is 4. The maximum atomic E-state index is 12.6. The van der Waals surface area contributed by atoms with Crippen molar-refractivity contribution in [1.29, 1.82) is 0 Å². The molecule has 4 nitrogen and oxygen atoms in total. The van der Waals surface area contributed by atoms with E-state index in [0.717, 1.165) is 5.56 Å². The van der Waals surface area contributed by atoms with E-state index < -0.39 is 0 Å². The molecule has 0 aliphatic rings. The third-order valence-corrected chi connectivity index (χ3v) is 3.97. The molecule has 1 heterocycles. The molecule has 2 aromatic rings. The number of aromatic nitrogens is 1. The van der Waals surface area contributed by atoms with Crippen LogP contribution < -0.4 is 5.73 Å². The minimum absolute atomic E-state index is 0. The van der Waals surface area contributed by atoms with Crippen molar-refractivity contribution in [2.75, 3.05) is 5.73 Å². The van der Waals surface area contributed by atoms with E-state index in [0.29, 0.717) is 28.0 Å². The Labute approximate surface area is 152 Å². The number of anilines is 1. The number of hydrogen-bond donors (Lipinski definition) is 1. The van der Waals surface area contributed by atoms with E-state index in [9.17, 15) is 4.79 Å². The molecule has 1 aromatic heterocycles. The fraction of sp³-hybridized carbons (Fsp3) is 0.250. The molecule has 0 spiro atoms. The van der Waals surface area contributed by atoms with Crippen LogP contribution in [0.3, 0.4) is 0 Å². The third-order valence-electron chi connectivity index (χ3n) is 3.23. The van der Waals surface area contributed by atoms with Crippen LogP contribution in [0.25, 0.3) is 0 Å². The van der Waals surface area contributed by atoms with Gasteiger partial charge in [0.2, 0.25) is 0 Å². The number of pyridine rings is 1. The van der Waals surface area contributed by atoms with Gasteiger partial charge < -0.3 is 10.6 Å². The maximum Gasteiger partial charge on any atom is 0.272 e. The first-order chi connectivity index (χ1) is 10.4. The molecule has 0 atom stereocenters. The molecule has 2 N–H and O–H groups in total. The topological polar surface area (TPSA) is 59.2 Å². The Hall–Kier alpha value is -1.49. The van der Waals surface area contributed by atoms with Gasteiger partial charge in [0, 0.05) is 12.6 Å². The van der Waals surface area contributed by atoms with Crippen LogP contribution >= 0.6 is 35.6 Å². The van der Waals surface area contributed by atoms with Gasteiger partial charge in [0.25, 0.3) is 5.91 Å². The van der Waals surface area contributed by atoms with Crippen LogP contribution in [0.4, 0.5) is 5.69 Å². The van der Waals surface area contributed by atoms with E-state index >= 15 is 0 Å². The van der Waals surface area contributed by atoms with Gasteiger partial charge >= 0.3 is 0 Å². The van der Waals surface area contributed by atoms with Gasteiger partial charge in [-0.3, -0.25) is 4.79 Å². The lowest BCUT2D eigenvalue weighted by Gasteiger charge is -2.26. The zero-order valence-corrected chi connectivity index (χ0v) is 15.1. The predicted molar refractivity (Wildman–Crippen MR) is 97.4 cm³/mol. The lowest BCUT2D eigenvalue weighted by molar-refractivity contribution is 0.0684. The molecule has 0 aliphatic heterocycles. The quantitative estimate of drug-likeness (QED) is 0.860. The van der Waals surface area contributed by atoms with Gasteiger partial charge in [0.1, 0.15) is 5.69 Å². The highest BCUT2D eigenvalue weighted by Gasteiger charge is 2.20. The molecule has 0 aliphatic carbocycles. The largest absolute Gasteiger partial charge is 0.397 e. The Morgan fingerprint density at radius 1 is 1.22 bits per heavy atom. The molecular weight excluding hydrogens is 357 g/mol. The summed E-state index contributed by atoms with van der Waals surface area (Å²) in [5.74, 6) is -0.152.